The largest absolute Gasteiger partial charge is 0.353 e. The van der Waals surface area contributed by atoms with Crippen molar-refractivity contribution in [2.45, 2.75) is 83.5 Å². The van der Waals surface area contributed by atoms with Crippen LogP contribution in [0, 0.1) is 11.8 Å². The number of amides is 4. The summed E-state index contributed by atoms with van der Waals surface area (Å²) in [7, 11) is 0. The fraction of sp³-hybridized carbons (Fsp3) is 0.643. The van der Waals surface area contributed by atoms with E-state index in [0.717, 1.165) is 17.3 Å². The molecule has 0 aliphatic carbocycles. The first-order chi connectivity index (χ1) is 18.1. The van der Waals surface area contributed by atoms with Gasteiger partial charge in [-0.3, -0.25) is 19.2 Å². The first kappa shape index (κ1) is 32.0. The molecule has 1 heterocycles. The lowest BCUT2D eigenvalue weighted by Gasteiger charge is -2.28. The maximum atomic E-state index is 13.3. The van der Waals surface area contributed by atoms with Crippen molar-refractivity contribution in [3.05, 3.63) is 35.4 Å². The van der Waals surface area contributed by atoms with Crippen LogP contribution in [-0.4, -0.2) is 59.8 Å². The van der Waals surface area contributed by atoms with Crippen molar-refractivity contribution in [1.29, 1.82) is 0 Å². The van der Waals surface area contributed by atoms with Crippen molar-refractivity contribution in [2.24, 2.45) is 11.8 Å². The summed E-state index contributed by atoms with van der Waals surface area (Å²) >= 11 is 3.42. The zero-order valence-electron chi connectivity index (χ0n) is 23.3. The summed E-state index contributed by atoms with van der Waals surface area (Å²) in [5.74, 6) is 1.88. The molecular formula is C28H44N4O4S2. The standard InChI is InChI=1S/C28H44N4O4S2/c1-6-19(4)25-28(36)29-11-13-38-17-22-9-7-8-21(15-22)16-37-12-10-24(33)30-20(5)26(34)31-23(14-18(2)3)27(35)32-25/h7-9,15,18-20,23,25H,6,10-14,16-17H2,1-5H3,(H,29,36)(H,30,33)(H,31,34)(H,32,35)/t19-,20-,23-,25-/m0/s1. The van der Waals surface area contributed by atoms with Gasteiger partial charge in [0.25, 0.3) is 0 Å². The molecule has 0 saturated carbocycles. The summed E-state index contributed by atoms with van der Waals surface area (Å²) in [5.41, 5.74) is 2.43. The lowest BCUT2D eigenvalue weighted by atomic mass is 9.96. The van der Waals surface area contributed by atoms with E-state index < -0.39 is 24.0 Å². The summed E-state index contributed by atoms with van der Waals surface area (Å²) in [4.78, 5) is 51.7. The van der Waals surface area contributed by atoms with Gasteiger partial charge in [-0.15, -0.1) is 0 Å². The average Bonchev–Trinajstić information content (AvgIpc) is 2.87. The Hall–Kier alpha value is -2.20. The number of rotatable bonds is 4. The predicted octanol–water partition coefficient (Wildman–Crippen LogP) is 3.24. The van der Waals surface area contributed by atoms with E-state index in [1.807, 2.05) is 33.8 Å². The van der Waals surface area contributed by atoms with Crippen LogP contribution in [0.3, 0.4) is 0 Å². The van der Waals surface area contributed by atoms with Gasteiger partial charge in [-0.1, -0.05) is 58.4 Å². The molecule has 212 valence electrons. The third kappa shape index (κ3) is 11.3. The zero-order chi connectivity index (χ0) is 28.1. The Bertz CT molecular complexity index is 943. The van der Waals surface area contributed by atoms with Crippen LogP contribution in [0.4, 0.5) is 0 Å². The Morgan fingerprint density at radius 2 is 1.55 bits per heavy atom. The molecular weight excluding hydrogens is 520 g/mol. The molecule has 0 unspecified atom stereocenters. The predicted molar refractivity (Wildman–Crippen MR) is 157 cm³/mol. The molecule has 0 radical (unpaired) electrons. The van der Waals surface area contributed by atoms with Crippen LogP contribution < -0.4 is 21.3 Å². The molecule has 2 rings (SSSR count). The number of carbonyl (C=O) groups excluding carboxylic acids is 4. The van der Waals surface area contributed by atoms with E-state index in [4.69, 9.17) is 0 Å². The Morgan fingerprint density at radius 1 is 0.895 bits per heavy atom. The monoisotopic (exact) mass is 564 g/mol. The lowest BCUT2D eigenvalue weighted by Crippen LogP contribution is -2.58. The van der Waals surface area contributed by atoms with E-state index in [2.05, 4.69) is 39.5 Å². The van der Waals surface area contributed by atoms with Crippen LogP contribution >= 0.6 is 23.5 Å². The van der Waals surface area contributed by atoms with Crippen LogP contribution in [-0.2, 0) is 30.7 Å². The van der Waals surface area contributed by atoms with Gasteiger partial charge in [-0.2, -0.15) is 23.5 Å². The second-order valence-electron chi connectivity index (χ2n) is 10.3. The van der Waals surface area contributed by atoms with Gasteiger partial charge in [0.15, 0.2) is 0 Å². The Balaban J connectivity index is 2.19. The zero-order valence-corrected chi connectivity index (χ0v) is 24.9. The number of benzene rings is 1. The molecule has 1 aromatic rings. The van der Waals surface area contributed by atoms with Crippen LogP contribution in [0.1, 0.15) is 65.0 Å². The Labute approximate surface area is 236 Å². The third-order valence-corrected chi connectivity index (χ3v) is 8.51. The Kier molecular flexibility index (Phi) is 14.1. The SMILES string of the molecule is CC[C@H](C)[C@@H]1NC(=O)[C@H](CC(C)C)NC(=O)[C@H](C)NC(=O)CCSCc2cccc(c2)CSCCNC1=O. The molecule has 8 nitrogen and oxygen atoms in total. The van der Waals surface area contributed by atoms with Crippen molar-refractivity contribution in [2.75, 3.05) is 18.1 Å². The van der Waals surface area contributed by atoms with Gasteiger partial charge >= 0.3 is 0 Å². The van der Waals surface area contributed by atoms with Gasteiger partial charge in [0.1, 0.15) is 18.1 Å². The molecule has 1 aromatic carbocycles. The highest BCUT2D eigenvalue weighted by molar-refractivity contribution is 7.98. The number of thioether (sulfide) groups is 2. The minimum absolute atomic E-state index is 0.0774. The fourth-order valence-electron chi connectivity index (χ4n) is 4.05. The summed E-state index contributed by atoms with van der Waals surface area (Å²) in [6.07, 6.45) is 1.44. The smallest absolute Gasteiger partial charge is 0.243 e. The molecule has 1 aliphatic heterocycles. The van der Waals surface area contributed by atoms with E-state index >= 15 is 0 Å². The molecule has 4 N–H and O–H groups in total. The molecule has 0 fully saturated rings. The van der Waals surface area contributed by atoms with Gasteiger partial charge in [0.2, 0.25) is 23.6 Å². The molecule has 38 heavy (non-hydrogen) atoms. The fourth-order valence-corrected chi connectivity index (χ4v) is 5.74. The van der Waals surface area contributed by atoms with Crippen molar-refractivity contribution in [3.8, 4) is 0 Å². The van der Waals surface area contributed by atoms with E-state index in [0.29, 0.717) is 31.6 Å². The minimum atomic E-state index is -0.806. The molecule has 2 bridgehead atoms. The van der Waals surface area contributed by atoms with Crippen LogP contribution in [0.15, 0.2) is 24.3 Å². The van der Waals surface area contributed by atoms with Crippen molar-refractivity contribution < 1.29 is 19.2 Å². The second kappa shape index (κ2) is 16.7. The highest BCUT2D eigenvalue weighted by atomic mass is 32.2. The highest BCUT2D eigenvalue weighted by Gasteiger charge is 2.31. The normalized spacial score (nSPS) is 24.2. The molecule has 4 atom stereocenters. The third-order valence-electron chi connectivity index (χ3n) is 6.45. The second-order valence-corrected chi connectivity index (χ2v) is 12.5. The number of hydrogen-bond acceptors (Lipinski definition) is 6. The quantitative estimate of drug-likeness (QED) is 0.446. The maximum absolute atomic E-state index is 13.3. The maximum Gasteiger partial charge on any atom is 0.243 e. The summed E-state index contributed by atoms with van der Waals surface area (Å²) in [6, 6.07) is 6.12. The van der Waals surface area contributed by atoms with Crippen molar-refractivity contribution in [1.82, 2.24) is 21.3 Å². The minimum Gasteiger partial charge on any atom is -0.353 e. The summed E-state index contributed by atoms with van der Waals surface area (Å²) in [6.45, 7) is 9.97. The first-order valence-corrected chi connectivity index (χ1v) is 15.8. The molecule has 0 saturated heterocycles. The first-order valence-electron chi connectivity index (χ1n) is 13.5. The van der Waals surface area contributed by atoms with Gasteiger partial charge in [0, 0.05) is 36.0 Å². The molecule has 10 heteroatoms. The number of hydrogen-bond donors (Lipinski definition) is 4. The van der Waals surface area contributed by atoms with E-state index in [1.165, 1.54) is 11.1 Å². The molecule has 1 aliphatic rings. The van der Waals surface area contributed by atoms with Gasteiger partial charge in [-0.25, -0.2) is 0 Å². The van der Waals surface area contributed by atoms with E-state index in [-0.39, 0.29) is 29.6 Å². The molecule has 0 aromatic heterocycles. The van der Waals surface area contributed by atoms with Crippen molar-refractivity contribution >= 4 is 47.2 Å². The van der Waals surface area contributed by atoms with Crippen LogP contribution in [0.5, 0.6) is 0 Å². The summed E-state index contributed by atoms with van der Waals surface area (Å²) in [5, 5.41) is 11.4. The lowest BCUT2D eigenvalue weighted by molar-refractivity contribution is -0.134. The topological polar surface area (TPSA) is 116 Å². The average molecular weight is 565 g/mol. The van der Waals surface area contributed by atoms with Crippen LogP contribution in [0.25, 0.3) is 0 Å². The number of fused-ring (bicyclic) bond motifs is 2. The number of nitrogens with one attached hydrogen (secondary N) is 4. The van der Waals surface area contributed by atoms with Crippen molar-refractivity contribution in [3.63, 3.8) is 0 Å². The van der Waals surface area contributed by atoms with Gasteiger partial charge in [-0.05, 0) is 36.3 Å². The Morgan fingerprint density at radius 3 is 2.18 bits per heavy atom. The summed E-state index contributed by atoms with van der Waals surface area (Å²) < 4.78 is 0. The number of carbonyl (C=O) groups is 4. The van der Waals surface area contributed by atoms with Crippen LogP contribution in [0.2, 0.25) is 0 Å². The van der Waals surface area contributed by atoms with Gasteiger partial charge < -0.3 is 21.3 Å². The van der Waals surface area contributed by atoms with E-state index in [1.54, 1.807) is 30.4 Å². The molecule has 4 amide bonds. The van der Waals surface area contributed by atoms with Gasteiger partial charge in [0.05, 0.1) is 0 Å². The van der Waals surface area contributed by atoms with E-state index in [9.17, 15) is 19.2 Å². The molecule has 0 spiro atoms. The highest BCUT2D eigenvalue weighted by Crippen LogP contribution is 2.18.